The van der Waals surface area contributed by atoms with Crippen LogP contribution in [0.1, 0.15) is 27.0 Å². The van der Waals surface area contributed by atoms with Crippen molar-refractivity contribution in [1.82, 2.24) is 19.8 Å². The highest BCUT2D eigenvalue weighted by Gasteiger charge is 2.27. The van der Waals surface area contributed by atoms with Crippen molar-refractivity contribution >= 4 is 5.91 Å². The molecule has 31 heavy (non-hydrogen) atoms. The lowest BCUT2D eigenvalue weighted by Gasteiger charge is -2.34. The van der Waals surface area contributed by atoms with Crippen molar-refractivity contribution in [2.75, 3.05) is 26.2 Å². The van der Waals surface area contributed by atoms with Crippen LogP contribution in [-0.4, -0.2) is 63.1 Å². The van der Waals surface area contributed by atoms with Gasteiger partial charge < -0.3 is 10.0 Å². The summed E-state index contributed by atoms with van der Waals surface area (Å²) in [6.45, 7) is 3.36. The van der Waals surface area contributed by atoms with Crippen molar-refractivity contribution in [3.05, 3.63) is 83.4 Å². The SMILES string of the molecule is O=C1c2cc(-c3cncnc3)ccc2CCN1CC(O)CN1CCc2ccccc2C1. The third kappa shape index (κ3) is 4.22. The van der Waals surface area contributed by atoms with Gasteiger partial charge in [0.1, 0.15) is 6.33 Å². The summed E-state index contributed by atoms with van der Waals surface area (Å²) < 4.78 is 0. The largest absolute Gasteiger partial charge is 0.390 e. The molecule has 1 unspecified atom stereocenters. The van der Waals surface area contributed by atoms with E-state index < -0.39 is 6.10 Å². The number of nitrogens with zero attached hydrogens (tertiary/aromatic N) is 4. The number of carbonyl (C=O) groups excluding carboxylic acids is 1. The molecule has 2 aliphatic heterocycles. The lowest BCUT2D eigenvalue weighted by molar-refractivity contribution is 0.0493. The Balaban J connectivity index is 1.25. The molecule has 1 aromatic heterocycles. The van der Waals surface area contributed by atoms with Gasteiger partial charge in [0.05, 0.1) is 6.10 Å². The van der Waals surface area contributed by atoms with Crippen LogP contribution < -0.4 is 0 Å². The molecule has 3 aromatic rings. The molecule has 0 saturated carbocycles. The molecule has 0 saturated heterocycles. The van der Waals surface area contributed by atoms with Gasteiger partial charge in [-0.2, -0.15) is 0 Å². The number of benzene rings is 2. The molecule has 2 aromatic carbocycles. The first-order chi connectivity index (χ1) is 15.2. The van der Waals surface area contributed by atoms with Gasteiger partial charge in [-0.05, 0) is 41.2 Å². The van der Waals surface area contributed by atoms with Gasteiger partial charge in [0.15, 0.2) is 0 Å². The fraction of sp³-hybridized carbons (Fsp3) is 0.320. The molecule has 2 aliphatic rings. The highest BCUT2D eigenvalue weighted by Crippen LogP contribution is 2.26. The van der Waals surface area contributed by atoms with Crippen molar-refractivity contribution in [3.8, 4) is 11.1 Å². The van der Waals surface area contributed by atoms with Gasteiger partial charge in [0.2, 0.25) is 0 Å². The van der Waals surface area contributed by atoms with Gasteiger partial charge in [-0.3, -0.25) is 9.69 Å². The molecule has 3 heterocycles. The number of fused-ring (bicyclic) bond motifs is 2. The van der Waals surface area contributed by atoms with Crippen LogP contribution in [-0.2, 0) is 19.4 Å². The molecule has 0 spiro atoms. The maximum absolute atomic E-state index is 13.2. The Hall–Kier alpha value is -3.09. The summed E-state index contributed by atoms with van der Waals surface area (Å²) in [5.74, 6) is -0.0111. The smallest absolute Gasteiger partial charge is 0.254 e. The Morgan fingerprint density at radius 2 is 1.68 bits per heavy atom. The average Bonchev–Trinajstić information content (AvgIpc) is 2.81. The van der Waals surface area contributed by atoms with E-state index in [1.807, 2.05) is 18.2 Å². The fourth-order valence-corrected chi connectivity index (χ4v) is 4.64. The Morgan fingerprint density at radius 1 is 0.903 bits per heavy atom. The second kappa shape index (κ2) is 8.57. The maximum Gasteiger partial charge on any atom is 0.254 e. The van der Waals surface area contributed by atoms with Crippen LogP contribution in [0.5, 0.6) is 0 Å². The molecule has 1 amide bonds. The van der Waals surface area contributed by atoms with Crippen LogP contribution in [0.3, 0.4) is 0 Å². The minimum atomic E-state index is -0.568. The van der Waals surface area contributed by atoms with Crippen molar-refractivity contribution in [2.24, 2.45) is 0 Å². The number of rotatable bonds is 5. The number of hydrogen-bond acceptors (Lipinski definition) is 5. The number of carbonyl (C=O) groups is 1. The van der Waals surface area contributed by atoms with Crippen LogP contribution in [0.25, 0.3) is 11.1 Å². The minimum Gasteiger partial charge on any atom is -0.390 e. The zero-order valence-electron chi connectivity index (χ0n) is 17.4. The Kier molecular flexibility index (Phi) is 5.49. The summed E-state index contributed by atoms with van der Waals surface area (Å²) in [5, 5.41) is 10.7. The van der Waals surface area contributed by atoms with E-state index in [1.54, 1.807) is 17.3 Å². The van der Waals surface area contributed by atoms with E-state index in [9.17, 15) is 9.90 Å². The van der Waals surface area contributed by atoms with Crippen LogP contribution >= 0.6 is 0 Å². The van der Waals surface area contributed by atoms with Gasteiger partial charge in [0, 0.05) is 56.2 Å². The summed E-state index contributed by atoms with van der Waals surface area (Å²) in [4.78, 5) is 25.4. The van der Waals surface area contributed by atoms with Crippen molar-refractivity contribution < 1.29 is 9.90 Å². The second-order valence-electron chi connectivity index (χ2n) is 8.41. The summed E-state index contributed by atoms with van der Waals surface area (Å²) >= 11 is 0. The lowest BCUT2D eigenvalue weighted by atomic mass is 9.94. The standard InChI is InChI=1S/C25H26N4O2/c30-23(15-28-9-7-18-3-1-2-4-21(18)14-28)16-29-10-8-19-5-6-20(11-24(19)25(29)31)22-12-26-17-27-13-22/h1-6,11-13,17,23,30H,7-10,14-16H2. The number of hydrogen-bond donors (Lipinski definition) is 1. The van der Waals surface area contributed by atoms with Crippen LogP contribution in [0.2, 0.25) is 0 Å². The van der Waals surface area contributed by atoms with E-state index in [0.717, 1.165) is 42.6 Å². The zero-order chi connectivity index (χ0) is 21.2. The van der Waals surface area contributed by atoms with Crippen molar-refractivity contribution in [2.45, 2.75) is 25.5 Å². The lowest BCUT2D eigenvalue weighted by Crippen LogP contribution is -2.46. The first-order valence-corrected chi connectivity index (χ1v) is 10.8. The Labute approximate surface area is 182 Å². The Bertz CT molecular complexity index is 1090. The zero-order valence-corrected chi connectivity index (χ0v) is 17.4. The molecule has 0 radical (unpaired) electrons. The first kappa shape index (κ1) is 19.8. The molecule has 6 nitrogen and oxygen atoms in total. The van der Waals surface area contributed by atoms with Crippen LogP contribution in [0.15, 0.2) is 61.2 Å². The average molecular weight is 415 g/mol. The molecule has 1 N–H and O–H groups in total. The van der Waals surface area contributed by atoms with Gasteiger partial charge in [-0.25, -0.2) is 9.97 Å². The van der Waals surface area contributed by atoms with Crippen molar-refractivity contribution in [1.29, 1.82) is 0 Å². The summed E-state index contributed by atoms with van der Waals surface area (Å²) in [7, 11) is 0. The van der Waals surface area contributed by atoms with Gasteiger partial charge >= 0.3 is 0 Å². The molecule has 1 atom stereocenters. The number of aliphatic hydroxyl groups is 1. The fourth-order valence-electron chi connectivity index (χ4n) is 4.64. The third-order valence-corrected chi connectivity index (χ3v) is 6.28. The topological polar surface area (TPSA) is 69.6 Å². The predicted octanol–water partition coefficient (Wildman–Crippen LogP) is 2.56. The molecule has 0 aliphatic carbocycles. The summed E-state index contributed by atoms with van der Waals surface area (Å²) in [6, 6.07) is 14.5. The summed E-state index contributed by atoms with van der Waals surface area (Å²) in [5.41, 5.74) is 6.33. The third-order valence-electron chi connectivity index (χ3n) is 6.28. The maximum atomic E-state index is 13.2. The minimum absolute atomic E-state index is 0.0111. The molecule has 158 valence electrons. The number of aromatic nitrogens is 2. The molecule has 5 rings (SSSR count). The molecular formula is C25H26N4O2. The van der Waals surface area contributed by atoms with Crippen LogP contribution in [0.4, 0.5) is 0 Å². The second-order valence-corrected chi connectivity index (χ2v) is 8.41. The van der Waals surface area contributed by atoms with Crippen molar-refractivity contribution in [3.63, 3.8) is 0 Å². The summed E-state index contributed by atoms with van der Waals surface area (Å²) in [6.07, 6.45) is 6.24. The van der Waals surface area contributed by atoms with E-state index in [0.29, 0.717) is 25.2 Å². The quantitative estimate of drug-likeness (QED) is 0.695. The van der Waals surface area contributed by atoms with Crippen LogP contribution in [0, 0.1) is 0 Å². The van der Waals surface area contributed by atoms with Gasteiger partial charge in [0.25, 0.3) is 5.91 Å². The molecule has 0 bridgehead atoms. The van der Waals surface area contributed by atoms with Gasteiger partial charge in [-0.1, -0.05) is 36.4 Å². The van der Waals surface area contributed by atoms with E-state index in [-0.39, 0.29) is 5.91 Å². The number of aliphatic hydroxyl groups excluding tert-OH is 1. The van der Waals surface area contributed by atoms with E-state index in [2.05, 4.69) is 39.1 Å². The predicted molar refractivity (Wildman–Crippen MR) is 119 cm³/mol. The monoisotopic (exact) mass is 414 g/mol. The van der Waals surface area contributed by atoms with E-state index in [1.165, 1.54) is 17.5 Å². The Morgan fingerprint density at radius 3 is 2.52 bits per heavy atom. The van der Waals surface area contributed by atoms with E-state index >= 15 is 0 Å². The number of amides is 1. The molecule has 6 heteroatoms. The molecular weight excluding hydrogens is 388 g/mol. The van der Waals surface area contributed by atoms with Gasteiger partial charge in [-0.15, -0.1) is 0 Å². The normalized spacial score (nSPS) is 17.2. The van der Waals surface area contributed by atoms with E-state index in [4.69, 9.17) is 0 Å². The number of β-amino-alcohol motifs (C(OH)–C–C–N with tert-alkyl or cyclic N) is 1. The highest BCUT2D eigenvalue weighted by molar-refractivity contribution is 5.98. The molecule has 0 fully saturated rings. The first-order valence-electron chi connectivity index (χ1n) is 10.8. The highest BCUT2D eigenvalue weighted by atomic mass is 16.3.